The lowest BCUT2D eigenvalue weighted by molar-refractivity contribution is 0.103. The minimum atomic E-state index is -1.10. The summed E-state index contributed by atoms with van der Waals surface area (Å²) in [6, 6.07) is 12.7. The summed E-state index contributed by atoms with van der Waals surface area (Å²) < 4.78 is 5.64. The van der Waals surface area contributed by atoms with Crippen LogP contribution in [0.15, 0.2) is 36.4 Å². The molecule has 4 rings (SSSR count). The Bertz CT molecular complexity index is 1200. The van der Waals surface area contributed by atoms with Gasteiger partial charge in [-0.2, -0.15) is 5.26 Å². The Morgan fingerprint density at radius 3 is 2.79 bits per heavy atom. The smallest absolute Gasteiger partial charge is 0.404 e. The molecule has 7 nitrogen and oxygen atoms in total. The molecule has 0 radical (unpaired) electrons. The van der Waals surface area contributed by atoms with E-state index in [-0.39, 0.29) is 18.9 Å². The molecule has 3 aromatic rings. The second-order valence-corrected chi connectivity index (χ2v) is 7.49. The van der Waals surface area contributed by atoms with Crippen molar-refractivity contribution in [1.29, 1.82) is 5.26 Å². The van der Waals surface area contributed by atoms with Gasteiger partial charge in [0.25, 0.3) is 0 Å². The SMILES string of the molecule is CC1(C)c2cc(OCCNC(=O)O)ccc2C(=O)c2c1[nH]c1cc(C#N)ccc21. The largest absolute Gasteiger partial charge is 0.492 e. The van der Waals surface area contributed by atoms with Crippen LogP contribution in [0.4, 0.5) is 4.79 Å². The van der Waals surface area contributed by atoms with E-state index in [9.17, 15) is 9.59 Å². The average Bonchev–Trinajstić information content (AvgIpc) is 3.09. The van der Waals surface area contributed by atoms with Gasteiger partial charge in [0.1, 0.15) is 12.4 Å². The average molecular weight is 389 g/mol. The van der Waals surface area contributed by atoms with E-state index >= 15 is 0 Å². The Kier molecular flexibility index (Phi) is 4.27. The lowest BCUT2D eigenvalue weighted by Crippen LogP contribution is -2.30. The van der Waals surface area contributed by atoms with Crippen LogP contribution in [0.25, 0.3) is 10.9 Å². The lowest BCUT2D eigenvalue weighted by Gasteiger charge is -2.32. The number of rotatable bonds is 4. The molecule has 1 aromatic heterocycles. The van der Waals surface area contributed by atoms with Crippen molar-refractivity contribution in [1.82, 2.24) is 10.3 Å². The molecule has 2 aromatic carbocycles. The maximum Gasteiger partial charge on any atom is 0.404 e. The van der Waals surface area contributed by atoms with E-state index in [4.69, 9.17) is 15.1 Å². The fourth-order valence-corrected chi connectivity index (χ4v) is 3.90. The van der Waals surface area contributed by atoms with E-state index in [1.807, 2.05) is 26.0 Å². The van der Waals surface area contributed by atoms with Crippen LogP contribution in [0.1, 0.15) is 46.6 Å². The Hall–Kier alpha value is -3.79. The van der Waals surface area contributed by atoms with Crippen LogP contribution in [-0.4, -0.2) is 35.1 Å². The first-order chi connectivity index (χ1) is 13.8. The van der Waals surface area contributed by atoms with Crippen LogP contribution in [0.2, 0.25) is 0 Å². The van der Waals surface area contributed by atoms with E-state index in [1.165, 1.54) is 0 Å². The van der Waals surface area contributed by atoms with Gasteiger partial charge in [0.15, 0.2) is 5.78 Å². The zero-order chi connectivity index (χ0) is 20.8. The van der Waals surface area contributed by atoms with Crippen molar-refractivity contribution >= 4 is 22.8 Å². The summed E-state index contributed by atoms with van der Waals surface area (Å²) in [6.07, 6.45) is -1.10. The third-order valence-electron chi connectivity index (χ3n) is 5.34. The van der Waals surface area contributed by atoms with Crippen LogP contribution < -0.4 is 10.1 Å². The molecule has 0 aliphatic heterocycles. The molecule has 0 atom stereocenters. The molecule has 0 spiro atoms. The topological polar surface area (TPSA) is 115 Å². The van der Waals surface area contributed by atoms with Gasteiger partial charge in [-0.3, -0.25) is 4.79 Å². The van der Waals surface area contributed by atoms with Gasteiger partial charge >= 0.3 is 6.09 Å². The Balaban J connectivity index is 1.74. The Morgan fingerprint density at radius 1 is 1.28 bits per heavy atom. The number of carbonyl (C=O) groups excluding carboxylic acids is 1. The molecular formula is C22H19N3O4. The summed E-state index contributed by atoms with van der Waals surface area (Å²) in [5.74, 6) is 0.507. The maximum atomic E-state index is 13.3. The van der Waals surface area contributed by atoms with E-state index in [2.05, 4.69) is 16.4 Å². The summed E-state index contributed by atoms with van der Waals surface area (Å²) in [5, 5.41) is 20.8. The highest BCUT2D eigenvalue weighted by Gasteiger charge is 2.39. The molecule has 3 N–H and O–H groups in total. The molecule has 1 aliphatic carbocycles. The number of hydrogen-bond donors (Lipinski definition) is 3. The highest BCUT2D eigenvalue weighted by atomic mass is 16.5. The minimum absolute atomic E-state index is 0.0654. The summed E-state index contributed by atoms with van der Waals surface area (Å²) in [6.45, 7) is 4.43. The molecule has 0 unspecified atom stereocenters. The first-order valence-corrected chi connectivity index (χ1v) is 9.18. The highest BCUT2D eigenvalue weighted by molar-refractivity contribution is 6.20. The molecule has 0 bridgehead atoms. The van der Waals surface area contributed by atoms with Gasteiger partial charge in [0, 0.05) is 27.6 Å². The fourth-order valence-electron chi connectivity index (χ4n) is 3.90. The number of aromatic amines is 1. The molecule has 29 heavy (non-hydrogen) atoms. The molecule has 7 heteroatoms. The number of hydrogen-bond acceptors (Lipinski definition) is 4. The van der Waals surface area contributed by atoms with Gasteiger partial charge in [-0.1, -0.05) is 19.9 Å². The number of nitriles is 1. The van der Waals surface area contributed by atoms with Crippen molar-refractivity contribution in [3.05, 3.63) is 64.3 Å². The molecule has 1 amide bonds. The number of benzene rings is 2. The second-order valence-electron chi connectivity index (χ2n) is 7.49. The summed E-state index contributed by atoms with van der Waals surface area (Å²) in [5.41, 5.74) is 3.72. The summed E-state index contributed by atoms with van der Waals surface area (Å²) in [7, 11) is 0. The molecule has 0 saturated heterocycles. The van der Waals surface area contributed by atoms with Crippen LogP contribution >= 0.6 is 0 Å². The number of nitrogens with zero attached hydrogens (tertiary/aromatic N) is 1. The van der Waals surface area contributed by atoms with Crippen molar-refractivity contribution in [3.63, 3.8) is 0 Å². The van der Waals surface area contributed by atoms with Crippen molar-refractivity contribution in [2.45, 2.75) is 19.3 Å². The quantitative estimate of drug-likeness (QED) is 0.590. The third-order valence-corrected chi connectivity index (χ3v) is 5.34. The Labute approximate surface area is 166 Å². The number of H-pyrrole nitrogens is 1. The first-order valence-electron chi connectivity index (χ1n) is 9.18. The molecule has 1 heterocycles. The van der Waals surface area contributed by atoms with Gasteiger partial charge in [-0.05, 0) is 35.9 Å². The second kappa shape index (κ2) is 6.67. The zero-order valence-corrected chi connectivity index (χ0v) is 16.0. The van der Waals surface area contributed by atoms with Crippen molar-refractivity contribution in [2.75, 3.05) is 13.2 Å². The summed E-state index contributed by atoms with van der Waals surface area (Å²) >= 11 is 0. The number of amides is 1. The van der Waals surface area contributed by atoms with Crippen molar-refractivity contribution in [3.8, 4) is 11.8 Å². The normalized spacial score (nSPS) is 14.0. The van der Waals surface area contributed by atoms with Crippen molar-refractivity contribution < 1.29 is 19.4 Å². The van der Waals surface area contributed by atoms with Crippen LogP contribution in [0.3, 0.4) is 0 Å². The summed E-state index contributed by atoms with van der Waals surface area (Å²) in [4.78, 5) is 27.1. The number of carbonyl (C=O) groups is 2. The standard InChI is InChI=1S/C22H19N3O4/c1-22(2)16-10-13(29-8-7-24-21(27)28)4-6-14(16)19(26)18-15-5-3-12(11-23)9-17(15)25-20(18)22/h3-6,9-10,24-25H,7-8H2,1-2H3,(H,27,28). The van der Waals surface area contributed by atoms with Crippen LogP contribution in [0.5, 0.6) is 5.75 Å². The van der Waals surface area contributed by atoms with Crippen molar-refractivity contribution in [2.24, 2.45) is 0 Å². The van der Waals surface area contributed by atoms with E-state index < -0.39 is 11.5 Å². The van der Waals surface area contributed by atoms with E-state index in [0.29, 0.717) is 22.4 Å². The van der Waals surface area contributed by atoms with Crippen LogP contribution in [0, 0.1) is 11.3 Å². The van der Waals surface area contributed by atoms with E-state index in [0.717, 1.165) is 22.2 Å². The predicted molar refractivity (Wildman–Crippen MR) is 107 cm³/mol. The van der Waals surface area contributed by atoms with Gasteiger partial charge < -0.3 is 20.1 Å². The minimum Gasteiger partial charge on any atom is -0.492 e. The number of carboxylic acid groups (broad SMARTS) is 1. The lowest BCUT2D eigenvalue weighted by atomic mass is 9.71. The zero-order valence-electron chi connectivity index (χ0n) is 16.0. The third kappa shape index (κ3) is 2.99. The number of aromatic nitrogens is 1. The van der Waals surface area contributed by atoms with Crippen LogP contribution in [-0.2, 0) is 5.41 Å². The fraction of sp³-hybridized carbons (Fsp3) is 0.227. The number of fused-ring (bicyclic) bond motifs is 4. The van der Waals surface area contributed by atoms with Gasteiger partial charge in [-0.15, -0.1) is 0 Å². The molecule has 146 valence electrons. The molecular weight excluding hydrogens is 370 g/mol. The maximum absolute atomic E-state index is 13.3. The number of ether oxygens (including phenoxy) is 1. The van der Waals surface area contributed by atoms with Gasteiger partial charge in [0.2, 0.25) is 0 Å². The predicted octanol–water partition coefficient (Wildman–Crippen LogP) is 3.56. The molecule has 0 saturated carbocycles. The first kappa shape index (κ1) is 18.6. The Morgan fingerprint density at radius 2 is 2.07 bits per heavy atom. The molecule has 0 fully saturated rings. The number of ketones is 1. The highest BCUT2D eigenvalue weighted by Crippen LogP contribution is 2.44. The number of nitrogens with one attached hydrogen (secondary N) is 2. The monoisotopic (exact) mass is 389 g/mol. The van der Waals surface area contributed by atoms with Gasteiger partial charge in [-0.25, -0.2) is 4.79 Å². The molecule has 1 aliphatic rings. The van der Waals surface area contributed by atoms with Gasteiger partial charge in [0.05, 0.1) is 23.7 Å². The van der Waals surface area contributed by atoms with E-state index in [1.54, 1.807) is 24.3 Å².